The van der Waals surface area contributed by atoms with Crippen LogP contribution in [-0.2, 0) is 6.54 Å². The monoisotopic (exact) mass is 402 g/mol. The summed E-state index contributed by atoms with van der Waals surface area (Å²) in [6, 6.07) is 14.3. The molecule has 0 bridgehead atoms. The highest BCUT2D eigenvalue weighted by atomic mass is 35.5. The third-order valence-electron chi connectivity index (χ3n) is 5.49. The highest BCUT2D eigenvalue weighted by Gasteiger charge is 2.25. The molecule has 1 unspecified atom stereocenters. The SMILES string of the molecule is CC(c1nc2ccccc2n1Cc1ccc(Cl)cc1Cl)N1CCN(C)CC1. The molecule has 1 saturated heterocycles. The number of piperazine rings is 1. The number of nitrogens with zero attached hydrogens (tertiary/aromatic N) is 4. The second-order valence-electron chi connectivity index (χ2n) is 7.30. The van der Waals surface area contributed by atoms with E-state index in [0.717, 1.165) is 48.6 Å². The van der Waals surface area contributed by atoms with Gasteiger partial charge in [0.25, 0.3) is 0 Å². The predicted molar refractivity (Wildman–Crippen MR) is 113 cm³/mol. The summed E-state index contributed by atoms with van der Waals surface area (Å²) in [5, 5.41) is 1.35. The average Bonchev–Trinajstić information content (AvgIpc) is 3.02. The van der Waals surface area contributed by atoms with Gasteiger partial charge >= 0.3 is 0 Å². The lowest BCUT2D eigenvalue weighted by Crippen LogP contribution is -2.45. The molecule has 4 nitrogen and oxygen atoms in total. The summed E-state index contributed by atoms with van der Waals surface area (Å²) < 4.78 is 2.30. The molecule has 2 aromatic carbocycles. The first-order valence-electron chi connectivity index (χ1n) is 9.34. The van der Waals surface area contributed by atoms with Crippen LogP contribution in [0.1, 0.15) is 24.4 Å². The van der Waals surface area contributed by atoms with Crippen molar-refractivity contribution in [2.24, 2.45) is 0 Å². The maximum atomic E-state index is 6.46. The Balaban J connectivity index is 1.73. The Morgan fingerprint density at radius 1 is 1.04 bits per heavy atom. The molecule has 142 valence electrons. The first kappa shape index (κ1) is 18.8. The summed E-state index contributed by atoms with van der Waals surface area (Å²) in [4.78, 5) is 9.88. The van der Waals surface area contributed by atoms with Crippen LogP contribution in [0.15, 0.2) is 42.5 Å². The van der Waals surface area contributed by atoms with E-state index in [4.69, 9.17) is 28.2 Å². The Hall–Kier alpha value is -1.59. The zero-order valence-corrected chi connectivity index (χ0v) is 17.2. The number of hydrogen-bond acceptors (Lipinski definition) is 3. The van der Waals surface area contributed by atoms with E-state index in [9.17, 15) is 0 Å². The number of likely N-dealkylation sites (N-methyl/N-ethyl adjacent to an activating group) is 1. The lowest BCUT2D eigenvalue weighted by Gasteiger charge is -2.36. The zero-order valence-electron chi connectivity index (χ0n) is 15.7. The van der Waals surface area contributed by atoms with Gasteiger partial charge in [0, 0.05) is 36.2 Å². The van der Waals surface area contributed by atoms with Crippen LogP contribution in [0.3, 0.4) is 0 Å². The van der Waals surface area contributed by atoms with Crippen molar-refractivity contribution in [2.75, 3.05) is 33.2 Å². The summed E-state index contributed by atoms with van der Waals surface area (Å²) in [6.07, 6.45) is 0. The molecule has 6 heteroatoms. The van der Waals surface area contributed by atoms with E-state index in [1.54, 1.807) is 6.07 Å². The first-order chi connectivity index (χ1) is 13.0. The summed E-state index contributed by atoms with van der Waals surface area (Å²) >= 11 is 12.5. The molecule has 1 aliphatic heterocycles. The van der Waals surface area contributed by atoms with E-state index >= 15 is 0 Å². The number of para-hydroxylation sites is 2. The van der Waals surface area contributed by atoms with Gasteiger partial charge < -0.3 is 9.47 Å². The topological polar surface area (TPSA) is 24.3 Å². The lowest BCUT2D eigenvalue weighted by molar-refractivity contribution is 0.114. The van der Waals surface area contributed by atoms with Crippen LogP contribution in [0.5, 0.6) is 0 Å². The third kappa shape index (κ3) is 3.85. The molecule has 3 aromatic rings. The molecule has 0 aliphatic carbocycles. The Morgan fingerprint density at radius 2 is 1.78 bits per heavy atom. The Labute approximate surface area is 170 Å². The van der Waals surface area contributed by atoms with Crippen LogP contribution in [0, 0.1) is 0 Å². The van der Waals surface area contributed by atoms with E-state index in [-0.39, 0.29) is 6.04 Å². The molecule has 0 saturated carbocycles. The summed E-state index contributed by atoms with van der Waals surface area (Å²) in [7, 11) is 2.18. The van der Waals surface area contributed by atoms with E-state index in [0.29, 0.717) is 16.6 Å². The fourth-order valence-electron chi connectivity index (χ4n) is 3.77. The number of imidazole rings is 1. The van der Waals surface area contributed by atoms with Gasteiger partial charge in [-0.1, -0.05) is 41.4 Å². The van der Waals surface area contributed by atoms with Gasteiger partial charge in [0.15, 0.2) is 0 Å². The second-order valence-corrected chi connectivity index (χ2v) is 8.14. The molecule has 0 spiro atoms. The van der Waals surface area contributed by atoms with Gasteiger partial charge in [-0.15, -0.1) is 0 Å². The third-order valence-corrected chi connectivity index (χ3v) is 6.07. The summed E-state index contributed by atoms with van der Waals surface area (Å²) in [5.41, 5.74) is 3.22. The predicted octanol–water partition coefficient (Wildman–Crippen LogP) is 4.70. The number of halogens is 2. The molecule has 0 amide bonds. The maximum Gasteiger partial charge on any atom is 0.127 e. The van der Waals surface area contributed by atoms with Gasteiger partial charge in [-0.05, 0) is 43.8 Å². The Kier molecular flexibility index (Phi) is 5.42. The summed E-state index contributed by atoms with van der Waals surface area (Å²) in [6.45, 7) is 7.24. The normalized spacial score (nSPS) is 17.5. The second kappa shape index (κ2) is 7.80. The van der Waals surface area contributed by atoms with Crippen LogP contribution >= 0.6 is 23.2 Å². The molecule has 1 atom stereocenters. The maximum absolute atomic E-state index is 6.46. The number of hydrogen-bond donors (Lipinski definition) is 0. The van der Waals surface area contributed by atoms with Crippen molar-refractivity contribution >= 4 is 34.2 Å². The standard InChI is InChI=1S/C21H24Cl2N4/c1-15(26-11-9-25(2)10-12-26)21-24-19-5-3-4-6-20(19)27(21)14-16-7-8-17(22)13-18(16)23/h3-8,13,15H,9-12,14H2,1-2H3. The van der Waals surface area contributed by atoms with Crippen molar-refractivity contribution in [3.63, 3.8) is 0 Å². The van der Waals surface area contributed by atoms with Gasteiger partial charge in [0.05, 0.1) is 23.6 Å². The minimum Gasteiger partial charge on any atom is -0.322 e. The Morgan fingerprint density at radius 3 is 2.52 bits per heavy atom. The molecule has 2 heterocycles. The van der Waals surface area contributed by atoms with Crippen molar-refractivity contribution in [1.29, 1.82) is 0 Å². The van der Waals surface area contributed by atoms with E-state index in [2.05, 4.69) is 46.5 Å². The molecule has 1 aromatic heterocycles. The molecule has 4 rings (SSSR count). The van der Waals surface area contributed by atoms with Crippen molar-refractivity contribution < 1.29 is 0 Å². The Bertz CT molecular complexity index is 945. The van der Waals surface area contributed by atoms with E-state index in [1.807, 2.05) is 18.2 Å². The molecule has 27 heavy (non-hydrogen) atoms. The molecule has 1 fully saturated rings. The average molecular weight is 403 g/mol. The summed E-state index contributed by atoms with van der Waals surface area (Å²) in [5.74, 6) is 1.09. The molecular formula is C21H24Cl2N4. The van der Waals surface area contributed by atoms with E-state index in [1.165, 1.54) is 0 Å². The number of rotatable bonds is 4. The lowest BCUT2D eigenvalue weighted by atomic mass is 10.2. The highest BCUT2D eigenvalue weighted by molar-refractivity contribution is 6.35. The quantitative estimate of drug-likeness (QED) is 0.631. The molecule has 0 N–H and O–H groups in total. The van der Waals surface area contributed by atoms with Crippen LogP contribution in [0.25, 0.3) is 11.0 Å². The van der Waals surface area contributed by atoms with Gasteiger partial charge in [-0.2, -0.15) is 0 Å². The van der Waals surface area contributed by atoms with E-state index < -0.39 is 0 Å². The number of aromatic nitrogens is 2. The van der Waals surface area contributed by atoms with Crippen LogP contribution in [0.2, 0.25) is 10.0 Å². The largest absolute Gasteiger partial charge is 0.322 e. The van der Waals surface area contributed by atoms with Crippen LogP contribution < -0.4 is 0 Å². The van der Waals surface area contributed by atoms with Crippen molar-refractivity contribution in [2.45, 2.75) is 19.5 Å². The van der Waals surface area contributed by atoms with Crippen LogP contribution in [-0.4, -0.2) is 52.6 Å². The van der Waals surface area contributed by atoms with Crippen LogP contribution in [0.4, 0.5) is 0 Å². The molecular weight excluding hydrogens is 379 g/mol. The fraction of sp³-hybridized carbons (Fsp3) is 0.381. The van der Waals surface area contributed by atoms with Crippen molar-refractivity contribution in [3.8, 4) is 0 Å². The zero-order chi connectivity index (χ0) is 19.0. The minimum atomic E-state index is 0.247. The number of benzene rings is 2. The smallest absolute Gasteiger partial charge is 0.127 e. The van der Waals surface area contributed by atoms with Crippen molar-refractivity contribution in [3.05, 3.63) is 63.9 Å². The van der Waals surface area contributed by atoms with Gasteiger partial charge in [0.1, 0.15) is 5.82 Å². The van der Waals surface area contributed by atoms with Gasteiger partial charge in [-0.25, -0.2) is 4.98 Å². The van der Waals surface area contributed by atoms with Crippen molar-refractivity contribution in [1.82, 2.24) is 19.4 Å². The molecule has 0 radical (unpaired) electrons. The first-order valence-corrected chi connectivity index (χ1v) is 10.1. The molecule has 1 aliphatic rings. The number of fused-ring (bicyclic) bond motifs is 1. The van der Waals surface area contributed by atoms with Gasteiger partial charge in [0.2, 0.25) is 0 Å². The minimum absolute atomic E-state index is 0.247. The van der Waals surface area contributed by atoms with Gasteiger partial charge in [-0.3, -0.25) is 4.90 Å². The highest BCUT2D eigenvalue weighted by Crippen LogP contribution is 2.29. The fourth-order valence-corrected chi connectivity index (χ4v) is 4.24.